The number of carbonyl (C=O) groups is 2. The van der Waals surface area contributed by atoms with Crippen LogP contribution in [0.1, 0.15) is 44.2 Å². The number of rotatable bonds is 10. The van der Waals surface area contributed by atoms with Crippen LogP contribution < -0.4 is 10.6 Å². The Balaban J connectivity index is 1.14. The standard InChI is InChI=1S/C26H36N4O2/c31-24(28-14-3-4-16-30-17-5-6-18-30)22-20-8-9-21(26(20)11-12-26)23(22)25(32)29-15-10-19-7-1-2-13-27-19/h1-2,7-9,13,20-23H,3-6,10-12,14-18H2,(H,28,31)(H,29,32)/t20-,21+,22-,23-/m1/s1. The molecule has 172 valence electrons. The number of hydrogen-bond acceptors (Lipinski definition) is 4. The van der Waals surface area contributed by atoms with Gasteiger partial charge in [-0.3, -0.25) is 14.6 Å². The van der Waals surface area contributed by atoms with Gasteiger partial charge in [0.25, 0.3) is 0 Å². The summed E-state index contributed by atoms with van der Waals surface area (Å²) in [5.41, 5.74) is 1.16. The zero-order valence-corrected chi connectivity index (χ0v) is 19.0. The molecule has 1 aliphatic heterocycles. The lowest BCUT2D eigenvalue weighted by molar-refractivity contribution is -0.135. The predicted octanol–water partition coefficient (Wildman–Crippen LogP) is 2.56. The largest absolute Gasteiger partial charge is 0.356 e. The number of nitrogens with one attached hydrogen (secondary N) is 2. The third-order valence-corrected chi connectivity index (χ3v) is 8.25. The van der Waals surface area contributed by atoms with Gasteiger partial charge in [0.15, 0.2) is 0 Å². The molecule has 6 heteroatoms. The number of unbranched alkanes of at least 4 members (excludes halogenated alkanes) is 1. The fourth-order valence-corrected chi connectivity index (χ4v) is 6.48. The number of nitrogens with zero attached hydrogens (tertiary/aromatic N) is 2. The van der Waals surface area contributed by atoms with Crippen LogP contribution in [0.3, 0.4) is 0 Å². The summed E-state index contributed by atoms with van der Waals surface area (Å²) in [7, 11) is 0. The molecule has 3 aliphatic carbocycles. The van der Waals surface area contributed by atoms with E-state index in [1.165, 1.54) is 25.9 Å². The maximum atomic E-state index is 13.2. The van der Waals surface area contributed by atoms with E-state index in [1.807, 2.05) is 18.2 Å². The molecule has 0 aromatic carbocycles. The Labute approximate surface area is 191 Å². The van der Waals surface area contributed by atoms with Crippen molar-refractivity contribution in [2.75, 3.05) is 32.7 Å². The molecule has 32 heavy (non-hydrogen) atoms. The van der Waals surface area contributed by atoms with Crippen molar-refractivity contribution in [1.29, 1.82) is 0 Å². The van der Waals surface area contributed by atoms with E-state index >= 15 is 0 Å². The van der Waals surface area contributed by atoms with Gasteiger partial charge in [0, 0.05) is 31.4 Å². The van der Waals surface area contributed by atoms with E-state index in [2.05, 4.69) is 32.7 Å². The van der Waals surface area contributed by atoms with Crippen molar-refractivity contribution in [1.82, 2.24) is 20.5 Å². The molecular formula is C26H36N4O2. The van der Waals surface area contributed by atoms with Gasteiger partial charge in [-0.2, -0.15) is 0 Å². The molecule has 2 N–H and O–H groups in total. The second kappa shape index (κ2) is 9.34. The lowest BCUT2D eigenvalue weighted by Gasteiger charge is -2.26. The van der Waals surface area contributed by atoms with Gasteiger partial charge in [-0.1, -0.05) is 18.2 Å². The molecule has 1 spiro atoms. The van der Waals surface area contributed by atoms with Crippen molar-refractivity contribution in [2.45, 2.75) is 44.9 Å². The quantitative estimate of drug-likeness (QED) is 0.437. The molecule has 2 heterocycles. The molecule has 0 radical (unpaired) electrons. The van der Waals surface area contributed by atoms with E-state index in [0.717, 1.165) is 37.9 Å². The van der Waals surface area contributed by atoms with Gasteiger partial charge < -0.3 is 15.5 Å². The maximum Gasteiger partial charge on any atom is 0.224 e. The Morgan fingerprint density at radius 2 is 1.66 bits per heavy atom. The number of aromatic nitrogens is 1. The van der Waals surface area contributed by atoms with Crippen LogP contribution in [0.2, 0.25) is 0 Å². The molecule has 3 fully saturated rings. The van der Waals surface area contributed by atoms with Gasteiger partial charge in [0.1, 0.15) is 0 Å². The molecule has 1 aromatic rings. The minimum atomic E-state index is -0.235. The molecular weight excluding hydrogens is 400 g/mol. The van der Waals surface area contributed by atoms with Gasteiger partial charge in [-0.05, 0) is 87.5 Å². The average molecular weight is 437 g/mol. The van der Waals surface area contributed by atoms with Crippen LogP contribution in [0.4, 0.5) is 0 Å². The summed E-state index contributed by atoms with van der Waals surface area (Å²) >= 11 is 0. The predicted molar refractivity (Wildman–Crippen MR) is 124 cm³/mol. The van der Waals surface area contributed by atoms with Crippen LogP contribution >= 0.6 is 0 Å². The van der Waals surface area contributed by atoms with Crippen LogP contribution in [-0.2, 0) is 16.0 Å². The van der Waals surface area contributed by atoms with Crippen molar-refractivity contribution in [3.8, 4) is 0 Å². The topological polar surface area (TPSA) is 74.3 Å². The van der Waals surface area contributed by atoms with Crippen LogP contribution in [0.25, 0.3) is 0 Å². The second-order valence-corrected chi connectivity index (χ2v) is 10.1. The van der Waals surface area contributed by atoms with Gasteiger partial charge in [0.2, 0.25) is 11.8 Å². The zero-order valence-electron chi connectivity index (χ0n) is 19.0. The number of pyridine rings is 1. The highest BCUT2D eigenvalue weighted by molar-refractivity contribution is 5.90. The third kappa shape index (κ3) is 4.21. The summed E-state index contributed by atoms with van der Waals surface area (Å²) in [5.74, 6) is 0.107. The van der Waals surface area contributed by atoms with Gasteiger partial charge >= 0.3 is 0 Å². The smallest absolute Gasteiger partial charge is 0.224 e. The molecule has 2 bridgehead atoms. The highest BCUT2D eigenvalue weighted by Crippen LogP contribution is 2.72. The maximum absolute atomic E-state index is 13.2. The molecule has 1 aromatic heterocycles. The van der Waals surface area contributed by atoms with E-state index in [4.69, 9.17) is 0 Å². The first-order valence-corrected chi connectivity index (χ1v) is 12.5. The van der Waals surface area contributed by atoms with Crippen molar-refractivity contribution in [2.24, 2.45) is 29.1 Å². The average Bonchev–Trinajstić information content (AvgIpc) is 3.17. The second-order valence-electron chi connectivity index (χ2n) is 10.1. The van der Waals surface area contributed by atoms with Crippen molar-refractivity contribution < 1.29 is 9.59 Å². The minimum absolute atomic E-state index is 0.0400. The van der Waals surface area contributed by atoms with E-state index in [9.17, 15) is 9.59 Å². The lowest BCUT2D eigenvalue weighted by Crippen LogP contribution is -2.44. The highest BCUT2D eigenvalue weighted by Gasteiger charge is 2.69. The number of carbonyl (C=O) groups excluding carboxylic acids is 2. The normalized spacial score (nSPS) is 29.5. The summed E-state index contributed by atoms with van der Waals surface area (Å²) in [6.45, 7) is 4.86. The highest BCUT2D eigenvalue weighted by atomic mass is 16.2. The summed E-state index contributed by atoms with van der Waals surface area (Å²) < 4.78 is 0. The molecule has 6 nitrogen and oxygen atoms in total. The first-order chi connectivity index (χ1) is 15.7. The van der Waals surface area contributed by atoms with Gasteiger partial charge in [0.05, 0.1) is 11.8 Å². The molecule has 4 aliphatic rings. The zero-order chi connectivity index (χ0) is 22.0. The van der Waals surface area contributed by atoms with Crippen molar-refractivity contribution in [3.05, 3.63) is 42.2 Å². The number of allylic oxidation sites excluding steroid dienone is 2. The van der Waals surface area contributed by atoms with Gasteiger partial charge in [-0.15, -0.1) is 0 Å². The van der Waals surface area contributed by atoms with Crippen LogP contribution in [0.5, 0.6) is 0 Å². The Kier molecular flexibility index (Phi) is 6.31. The molecule has 5 rings (SSSR count). The minimum Gasteiger partial charge on any atom is -0.356 e. The van der Waals surface area contributed by atoms with Crippen LogP contribution in [0, 0.1) is 29.1 Å². The summed E-state index contributed by atoms with van der Waals surface area (Å²) in [4.78, 5) is 33.3. The van der Waals surface area contributed by atoms with Crippen LogP contribution in [0.15, 0.2) is 36.5 Å². The molecule has 1 saturated heterocycles. The molecule has 0 unspecified atom stereocenters. The van der Waals surface area contributed by atoms with Crippen molar-refractivity contribution >= 4 is 11.8 Å². The summed E-state index contributed by atoms with van der Waals surface area (Å²) in [6, 6.07) is 5.84. The Morgan fingerprint density at radius 3 is 2.28 bits per heavy atom. The number of amides is 2. The Bertz CT molecular complexity index is 845. The lowest BCUT2D eigenvalue weighted by atomic mass is 9.81. The molecule has 4 atom stereocenters. The third-order valence-electron chi connectivity index (χ3n) is 8.25. The van der Waals surface area contributed by atoms with Crippen LogP contribution in [-0.4, -0.2) is 54.4 Å². The SMILES string of the molecule is O=C(NCCCCN1CCCC1)[C@H]1[C@H](C(=O)NCCc2ccccn2)[C@@H]2C=C[C@H]1C21CC1. The van der Waals surface area contributed by atoms with E-state index < -0.39 is 0 Å². The first kappa shape index (κ1) is 21.6. The number of likely N-dealkylation sites (tertiary alicyclic amines) is 1. The fraction of sp³-hybridized carbons (Fsp3) is 0.654. The Hall–Kier alpha value is -2.21. The van der Waals surface area contributed by atoms with Gasteiger partial charge in [-0.25, -0.2) is 0 Å². The molecule has 2 amide bonds. The fourth-order valence-electron chi connectivity index (χ4n) is 6.48. The van der Waals surface area contributed by atoms with E-state index in [0.29, 0.717) is 19.5 Å². The number of hydrogen-bond donors (Lipinski definition) is 2. The first-order valence-electron chi connectivity index (χ1n) is 12.5. The Morgan fingerprint density at radius 1 is 0.969 bits per heavy atom. The van der Waals surface area contributed by atoms with E-state index in [1.54, 1.807) is 6.20 Å². The summed E-state index contributed by atoms with van der Waals surface area (Å²) in [6.07, 6.45) is 14.0. The summed E-state index contributed by atoms with van der Waals surface area (Å²) in [5, 5.41) is 6.30. The van der Waals surface area contributed by atoms with E-state index in [-0.39, 0.29) is 40.9 Å². The monoisotopic (exact) mass is 436 g/mol. The van der Waals surface area contributed by atoms with Crippen molar-refractivity contribution in [3.63, 3.8) is 0 Å². The molecule has 2 saturated carbocycles.